The molecule has 0 bridgehead atoms. The van der Waals surface area contributed by atoms with Crippen LogP contribution in [-0.2, 0) is 24.3 Å². The summed E-state index contributed by atoms with van der Waals surface area (Å²) in [4.78, 5) is 14.0. The molecule has 0 saturated carbocycles. The van der Waals surface area contributed by atoms with Crippen molar-refractivity contribution in [2.75, 3.05) is 12.8 Å². The largest absolute Gasteiger partial charge is 0.341 e. The van der Waals surface area contributed by atoms with E-state index >= 15 is 0 Å². The molecule has 3 rings (SSSR count). The van der Waals surface area contributed by atoms with Gasteiger partial charge >= 0.3 is 0 Å². The third-order valence-electron chi connectivity index (χ3n) is 4.16. The van der Waals surface area contributed by atoms with E-state index < -0.39 is 0 Å². The lowest BCUT2D eigenvalue weighted by Gasteiger charge is -2.17. The molecule has 1 aromatic carbocycles. The Kier molecular flexibility index (Phi) is 5.50. The summed E-state index contributed by atoms with van der Waals surface area (Å²) in [5.74, 6) is 1.11. The summed E-state index contributed by atoms with van der Waals surface area (Å²) in [6, 6.07) is 6.22. The monoisotopic (exact) mass is 348 g/mol. The summed E-state index contributed by atoms with van der Waals surface area (Å²) in [5.41, 5.74) is 0.911. The van der Waals surface area contributed by atoms with Gasteiger partial charge in [0, 0.05) is 26.6 Å². The zero-order chi connectivity index (χ0) is 16.9. The molecule has 2 heterocycles. The van der Waals surface area contributed by atoms with Gasteiger partial charge in [0.15, 0.2) is 5.16 Å². The molecule has 0 saturated heterocycles. The van der Waals surface area contributed by atoms with E-state index in [2.05, 4.69) is 14.8 Å². The number of nitrogens with zero attached hydrogens (tertiary/aromatic N) is 4. The fraction of sp³-hybridized carbons (Fsp3) is 0.471. The van der Waals surface area contributed by atoms with Crippen LogP contribution in [0.4, 0.5) is 4.39 Å². The summed E-state index contributed by atoms with van der Waals surface area (Å²) < 4.78 is 15.1. The number of aromatic nitrogens is 3. The van der Waals surface area contributed by atoms with Crippen LogP contribution in [0, 0.1) is 5.82 Å². The number of thioether (sulfide) groups is 1. The maximum atomic E-state index is 12.9. The molecule has 0 unspecified atom stereocenters. The Hall–Kier alpha value is -1.89. The van der Waals surface area contributed by atoms with Crippen LogP contribution in [0.5, 0.6) is 0 Å². The maximum Gasteiger partial charge on any atom is 0.233 e. The first-order chi connectivity index (χ1) is 11.6. The fourth-order valence-corrected chi connectivity index (χ4v) is 3.68. The lowest BCUT2D eigenvalue weighted by Crippen LogP contribution is -2.27. The van der Waals surface area contributed by atoms with Gasteiger partial charge in [-0.15, -0.1) is 10.2 Å². The van der Waals surface area contributed by atoms with Gasteiger partial charge in [0.1, 0.15) is 11.6 Å². The van der Waals surface area contributed by atoms with Crippen molar-refractivity contribution >= 4 is 17.7 Å². The van der Waals surface area contributed by atoms with Crippen LogP contribution < -0.4 is 0 Å². The van der Waals surface area contributed by atoms with Crippen molar-refractivity contribution in [1.82, 2.24) is 19.7 Å². The highest BCUT2D eigenvalue weighted by Gasteiger charge is 2.17. The van der Waals surface area contributed by atoms with Gasteiger partial charge < -0.3 is 9.47 Å². The first-order valence-corrected chi connectivity index (χ1v) is 9.15. The number of hydrogen-bond donors (Lipinski definition) is 0. The highest BCUT2D eigenvalue weighted by Crippen LogP contribution is 2.22. The topological polar surface area (TPSA) is 51.0 Å². The van der Waals surface area contributed by atoms with E-state index in [1.807, 2.05) is 0 Å². The second kappa shape index (κ2) is 7.79. The van der Waals surface area contributed by atoms with E-state index in [4.69, 9.17) is 0 Å². The molecular weight excluding hydrogens is 327 g/mol. The van der Waals surface area contributed by atoms with Crippen molar-refractivity contribution in [3.8, 4) is 0 Å². The lowest BCUT2D eigenvalue weighted by molar-refractivity contribution is -0.127. The molecule has 128 valence electrons. The van der Waals surface area contributed by atoms with E-state index in [9.17, 15) is 9.18 Å². The Morgan fingerprint density at radius 3 is 2.83 bits per heavy atom. The quantitative estimate of drug-likeness (QED) is 0.780. The molecule has 0 N–H and O–H groups in total. The molecule has 0 radical (unpaired) electrons. The second-order valence-corrected chi connectivity index (χ2v) is 6.97. The second-order valence-electron chi connectivity index (χ2n) is 6.03. The fourth-order valence-electron chi connectivity index (χ4n) is 2.75. The summed E-state index contributed by atoms with van der Waals surface area (Å²) in [6.45, 7) is 1.40. The molecule has 1 aliphatic heterocycles. The standard InChI is InChI=1S/C17H21FN4OS/c1-21(11-13-6-8-14(18)9-7-13)16(23)12-24-17-20-19-15-5-3-2-4-10-22(15)17/h6-9H,2-5,10-12H2,1H3. The smallest absolute Gasteiger partial charge is 0.233 e. The Morgan fingerprint density at radius 1 is 1.25 bits per heavy atom. The van der Waals surface area contributed by atoms with Crippen molar-refractivity contribution in [3.63, 3.8) is 0 Å². The van der Waals surface area contributed by atoms with Crippen LogP contribution in [0.1, 0.15) is 30.7 Å². The molecule has 0 atom stereocenters. The number of fused-ring (bicyclic) bond motifs is 1. The van der Waals surface area contributed by atoms with E-state index in [1.165, 1.54) is 30.3 Å². The third kappa shape index (κ3) is 4.14. The number of carbonyl (C=O) groups excluding carboxylic acids is 1. The Morgan fingerprint density at radius 2 is 2.04 bits per heavy atom. The number of carbonyl (C=O) groups is 1. The highest BCUT2D eigenvalue weighted by atomic mass is 32.2. The molecule has 2 aromatic rings. The average molecular weight is 348 g/mol. The normalized spacial score (nSPS) is 14.1. The molecule has 0 aliphatic carbocycles. The van der Waals surface area contributed by atoms with Crippen molar-refractivity contribution in [1.29, 1.82) is 0 Å². The highest BCUT2D eigenvalue weighted by molar-refractivity contribution is 7.99. The van der Waals surface area contributed by atoms with E-state index in [-0.39, 0.29) is 11.7 Å². The number of amides is 1. The molecule has 1 aliphatic rings. The molecule has 0 fully saturated rings. The Bertz CT molecular complexity index is 701. The van der Waals surface area contributed by atoms with Crippen molar-refractivity contribution in [2.45, 2.75) is 43.9 Å². The zero-order valence-corrected chi connectivity index (χ0v) is 14.6. The minimum absolute atomic E-state index is 0.0234. The van der Waals surface area contributed by atoms with Gasteiger partial charge in [0.2, 0.25) is 5.91 Å². The number of rotatable bonds is 5. The number of hydrogen-bond acceptors (Lipinski definition) is 4. The van der Waals surface area contributed by atoms with E-state index in [0.29, 0.717) is 12.3 Å². The van der Waals surface area contributed by atoms with Crippen LogP contribution in [-0.4, -0.2) is 38.4 Å². The molecule has 5 nitrogen and oxygen atoms in total. The molecular formula is C17H21FN4OS. The van der Waals surface area contributed by atoms with Crippen molar-refractivity contribution in [3.05, 3.63) is 41.5 Å². The predicted octanol–water partition coefficient (Wildman–Crippen LogP) is 2.89. The molecule has 0 spiro atoms. The third-order valence-corrected chi connectivity index (χ3v) is 5.11. The van der Waals surface area contributed by atoms with Crippen molar-refractivity contribution < 1.29 is 9.18 Å². The summed E-state index contributed by atoms with van der Waals surface area (Å²) in [5, 5.41) is 9.30. The summed E-state index contributed by atoms with van der Waals surface area (Å²) >= 11 is 1.44. The Balaban J connectivity index is 1.55. The summed E-state index contributed by atoms with van der Waals surface area (Å²) in [6.07, 6.45) is 4.47. The minimum atomic E-state index is -0.268. The first-order valence-electron chi connectivity index (χ1n) is 8.17. The van der Waals surface area contributed by atoms with Gasteiger partial charge in [-0.1, -0.05) is 30.3 Å². The van der Waals surface area contributed by atoms with Gasteiger partial charge in [0.05, 0.1) is 5.75 Å². The molecule has 24 heavy (non-hydrogen) atoms. The van der Waals surface area contributed by atoms with Crippen LogP contribution >= 0.6 is 11.8 Å². The minimum Gasteiger partial charge on any atom is -0.341 e. The van der Waals surface area contributed by atoms with Crippen LogP contribution in [0.2, 0.25) is 0 Å². The zero-order valence-electron chi connectivity index (χ0n) is 13.7. The maximum absolute atomic E-state index is 12.9. The number of aryl methyl sites for hydroxylation is 1. The van der Waals surface area contributed by atoms with Crippen LogP contribution in [0.15, 0.2) is 29.4 Å². The van der Waals surface area contributed by atoms with Gasteiger partial charge in [0.25, 0.3) is 0 Å². The van der Waals surface area contributed by atoms with Gasteiger partial charge in [-0.25, -0.2) is 4.39 Å². The Labute approximate surface area is 145 Å². The SMILES string of the molecule is CN(Cc1ccc(F)cc1)C(=O)CSc1nnc2n1CCCCC2. The number of halogens is 1. The molecule has 7 heteroatoms. The average Bonchev–Trinajstić information content (AvgIpc) is 2.81. The van der Waals surface area contributed by atoms with Gasteiger partial charge in [-0.05, 0) is 30.5 Å². The van der Waals surface area contributed by atoms with Crippen LogP contribution in [0.25, 0.3) is 0 Å². The van der Waals surface area contributed by atoms with E-state index in [0.717, 1.165) is 42.4 Å². The van der Waals surface area contributed by atoms with Crippen molar-refractivity contribution in [2.24, 2.45) is 0 Å². The van der Waals surface area contributed by atoms with E-state index in [1.54, 1.807) is 24.1 Å². The van der Waals surface area contributed by atoms with Crippen LogP contribution in [0.3, 0.4) is 0 Å². The predicted molar refractivity (Wildman–Crippen MR) is 91.2 cm³/mol. The first kappa shape index (κ1) is 17.0. The molecule has 1 aromatic heterocycles. The lowest BCUT2D eigenvalue weighted by atomic mass is 10.2. The summed E-state index contributed by atoms with van der Waals surface area (Å²) in [7, 11) is 1.76. The van der Waals surface area contributed by atoms with Gasteiger partial charge in [-0.3, -0.25) is 4.79 Å². The molecule has 1 amide bonds. The number of benzene rings is 1. The van der Waals surface area contributed by atoms with Gasteiger partial charge in [-0.2, -0.15) is 0 Å².